The van der Waals surface area contributed by atoms with Crippen LogP contribution in [0.2, 0.25) is 5.02 Å². The number of rotatable bonds is 4. The Morgan fingerprint density at radius 1 is 1.31 bits per heavy atom. The molecule has 1 heterocycles. The summed E-state index contributed by atoms with van der Waals surface area (Å²) in [6.45, 7) is 3.72. The van der Waals surface area contributed by atoms with E-state index >= 15 is 0 Å². The van der Waals surface area contributed by atoms with E-state index in [0.717, 1.165) is 24.5 Å². The van der Waals surface area contributed by atoms with Crippen molar-refractivity contribution in [2.75, 3.05) is 6.54 Å². The average Bonchev–Trinajstić information content (AvgIpc) is 2.76. The molecule has 16 heavy (non-hydrogen) atoms. The van der Waals surface area contributed by atoms with Gasteiger partial charge in [0.25, 0.3) is 0 Å². The van der Waals surface area contributed by atoms with Gasteiger partial charge in [0.1, 0.15) is 0 Å². The summed E-state index contributed by atoms with van der Waals surface area (Å²) in [6, 6.07) is 7.42. The van der Waals surface area contributed by atoms with Crippen molar-refractivity contribution >= 4 is 11.6 Å². The average molecular weight is 237 g/mol. The minimum atomic E-state index is 0.712. The largest absolute Gasteiger partial charge is 0.311 e. The maximum Gasteiger partial charge on any atom is 0.0969 e. The molecule has 0 fully saturated rings. The lowest BCUT2D eigenvalue weighted by Gasteiger charge is -1.99. The van der Waals surface area contributed by atoms with Gasteiger partial charge in [-0.1, -0.05) is 18.5 Å². The van der Waals surface area contributed by atoms with Crippen LogP contribution in [0.1, 0.15) is 12.6 Å². The summed E-state index contributed by atoms with van der Waals surface area (Å²) < 4.78 is 0. The summed E-state index contributed by atoms with van der Waals surface area (Å²) in [5.74, 6) is 0. The molecule has 0 unspecified atom stereocenters. The van der Waals surface area contributed by atoms with E-state index < -0.39 is 0 Å². The summed E-state index contributed by atoms with van der Waals surface area (Å²) >= 11 is 5.81. The zero-order chi connectivity index (χ0) is 11.4. The van der Waals surface area contributed by atoms with E-state index in [2.05, 4.69) is 22.4 Å². The Kier molecular flexibility index (Phi) is 3.54. The van der Waals surface area contributed by atoms with Crippen LogP contribution in [0.25, 0.3) is 5.69 Å². The molecule has 0 bridgehead atoms. The lowest BCUT2D eigenvalue weighted by Crippen LogP contribution is -2.12. The van der Waals surface area contributed by atoms with Crippen molar-refractivity contribution in [1.82, 2.24) is 20.3 Å². The second-order valence-corrected chi connectivity index (χ2v) is 3.82. The number of hydrogen-bond acceptors (Lipinski definition) is 3. The molecule has 5 heteroatoms. The van der Waals surface area contributed by atoms with Crippen LogP contribution in [-0.2, 0) is 6.54 Å². The smallest absolute Gasteiger partial charge is 0.0969 e. The lowest BCUT2D eigenvalue weighted by molar-refractivity contribution is 0.684. The fraction of sp³-hybridized carbons (Fsp3) is 0.273. The maximum absolute atomic E-state index is 5.81. The number of hydrogen-bond donors (Lipinski definition) is 1. The first-order valence-corrected chi connectivity index (χ1v) is 5.55. The highest BCUT2D eigenvalue weighted by atomic mass is 35.5. The highest BCUT2D eigenvalue weighted by molar-refractivity contribution is 6.30. The molecule has 0 radical (unpaired) electrons. The molecular formula is C11H13ClN4. The third-order valence-corrected chi connectivity index (χ3v) is 2.40. The van der Waals surface area contributed by atoms with Crippen LogP contribution in [-0.4, -0.2) is 21.5 Å². The quantitative estimate of drug-likeness (QED) is 0.884. The zero-order valence-corrected chi connectivity index (χ0v) is 9.78. The molecule has 4 nitrogen and oxygen atoms in total. The van der Waals surface area contributed by atoms with Gasteiger partial charge in [0.15, 0.2) is 0 Å². The van der Waals surface area contributed by atoms with Crippen molar-refractivity contribution in [2.24, 2.45) is 0 Å². The number of halogens is 1. The van der Waals surface area contributed by atoms with Gasteiger partial charge in [0, 0.05) is 11.6 Å². The maximum atomic E-state index is 5.81. The number of benzene rings is 1. The van der Waals surface area contributed by atoms with Gasteiger partial charge in [0.05, 0.1) is 17.6 Å². The monoisotopic (exact) mass is 236 g/mol. The molecule has 2 aromatic rings. The minimum absolute atomic E-state index is 0.712. The molecule has 1 aromatic heterocycles. The van der Waals surface area contributed by atoms with Crippen molar-refractivity contribution in [3.63, 3.8) is 0 Å². The molecular weight excluding hydrogens is 224 g/mol. The third-order valence-electron chi connectivity index (χ3n) is 2.15. The minimum Gasteiger partial charge on any atom is -0.311 e. The van der Waals surface area contributed by atoms with Gasteiger partial charge in [-0.05, 0) is 30.8 Å². The Labute approximate surface area is 99.2 Å². The van der Waals surface area contributed by atoms with Crippen molar-refractivity contribution in [3.8, 4) is 5.69 Å². The first-order chi connectivity index (χ1) is 7.79. The van der Waals surface area contributed by atoms with Crippen LogP contribution in [0, 0.1) is 0 Å². The van der Waals surface area contributed by atoms with E-state index in [1.807, 2.05) is 24.3 Å². The highest BCUT2D eigenvalue weighted by Crippen LogP contribution is 2.11. The molecule has 0 saturated carbocycles. The number of nitrogens with zero attached hydrogens (tertiary/aromatic N) is 3. The SMILES string of the molecule is CCNCc1cnn(-c2ccc(Cl)cc2)n1. The first kappa shape index (κ1) is 11.1. The van der Waals surface area contributed by atoms with Crippen LogP contribution in [0.15, 0.2) is 30.5 Å². The Bertz CT molecular complexity index is 449. The van der Waals surface area contributed by atoms with Crippen LogP contribution in [0.3, 0.4) is 0 Å². The summed E-state index contributed by atoms with van der Waals surface area (Å²) in [5, 5.41) is 12.5. The second kappa shape index (κ2) is 5.09. The highest BCUT2D eigenvalue weighted by Gasteiger charge is 2.01. The molecule has 0 amide bonds. The van der Waals surface area contributed by atoms with Gasteiger partial charge in [-0.3, -0.25) is 0 Å². The van der Waals surface area contributed by atoms with E-state index in [1.165, 1.54) is 0 Å². The van der Waals surface area contributed by atoms with Crippen LogP contribution >= 0.6 is 11.6 Å². The predicted octanol–water partition coefficient (Wildman–Crippen LogP) is 2.03. The van der Waals surface area contributed by atoms with Crippen LogP contribution in [0.5, 0.6) is 0 Å². The van der Waals surface area contributed by atoms with Crippen molar-refractivity contribution in [2.45, 2.75) is 13.5 Å². The van der Waals surface area contributed by atoms with Gasteiger partial charge < -0.3 is 5.32 Å². The summed E-state index contributed by atoms with van der Waals surface area (Å²) in [5.41, 5.74) is 1.84. The van der Waals surface area contributed by atoms with E-state index in [0.29, 0.717) is 5.02 Å². The van der Waals surface area contributed by atoms with E-state index in [1.54, 1.807) is 11.0 Å². The van der Waals surface area contributed by atoms with Crippen LogP contribution in [0.4, 0.5) is 0 Å². The molecule has 84 valence electrons. The van der Waals surface area contributed by atoms with Gasteiger partial charge in [-0.2, -0.15) is 15.0 Å². The molecule has 0 aliphatic carbocycles. The molecule has 1 N–H and O–H groups in total. The van der Waals surface area contributed by atoms with Gasteiger partial charge in [-0.25, -0.2) is 0 Å². The normalized spacial score (nSPS) is 10.6. The van der Waals surface area contributed by atoms with Crippen molar-refractivity contribution < 1.29 is 0 Å². The Morgan fingerprint density at radius 3 is 2.75 bits per heavy atom. The van der Waals surface area contributed by atoms with Gasteiger partial charge >= 0.3 is 0 Å². The molecule has 1 aromatic carbocycles. The molecule has 0 saturated heterocycles. The standard InChI is InChI=1S/C11H13ClN4/c1-2-13-7-10-8-14-16(15-10)11-5-3-9(12)4-6-11/h3-6,8,13H,2,7H2,1H3. The molecule has 2 rings (SSSR count). The first-order valence-electron chi connectivity index (χ1n) is 5.17. The fourth-order valence-corrected chi connectivity index (χ4v) is 1.45. The second-order valence-electron chi connectivity index (χ2n) is 3.38. The molecule has 0 aliphatic rings. The third kappa shape index (κ3) is 2.59. The Balaban J connectivity index is 2.15. The number of nitrogens with one attached hydrogen (secondary N) is 1. The Morgan fingerprint density at radius 2 is 2.06 bits per heavy atom. The van der Waals surface area contributed by atoms with Crippen LogP contribution < -0.4 is 5.32 Å². The van der Waals surface area contributed by atoms with Crippen molar-refractivity contribution in [3.05, 3.63) is 41.2 Å². The zero-order valence-electron chi connectivity index (χ0n) is 9.02. The Hall–Kier alpha value is -1.39. The van der Waals surface area contributed by atoms with Crippen molar-refractivity contribution in [1.29, 1.82) is 0 Å². The summed E-state index contributed by atoms with van der Waals surface area (Å²) in [7, 11) is 0. The van der Waals surface area contributed by atoms with Gasteiger partial charge in [-0.15, -0.1) is 0 Å². The summed E-state index contributed by atoms with van der Waals surface area (Å²) in [6.07, 6.45) is 1.76. The van der Waals surface area contributed by atoms with E-state index in [4.69, 9.17) is 11.6 Å². The van der Waals surface area contributed by atoms with E-state index in [9.17, 15) is 0 Å². The summed E-state index contributed by atoms with van der Waals surface area (Å²) in [4.78, 5) is 1.60. The number of aromatic nitrogens is 3. The molecule has 0 spiro atoms. The molecule has 0 atom stereocenters. The predicted molar refractivity (Wildman–Crippen MR) is 63.7 cm³/mol. The molecule has 0 aliphatic heterocycles. The topological polar surface area (TPSA) is 42.7 Å². The van der Waals surface area contributed by atoms with Gasteiger partial charge in [0.2, 0.25) is 0 Å². The lowest BCUT2D eigenvalue weighted by atomic mass is 10.3. The fourth-order valence-electron chi connectivity index (χ4n) is 1.33. The van der Waals surface area contributed by atoms with E-state index in [-0.39, 0.29) is 0 Å².